The number of nitrogens with zero attached hydrogens (tertiary/aromatic N) is 1. The molecule has 0 aromatic rings. The summed E-state index contributed by atoms with van der Waals surface area (Å²) in [5, 5.41) is 0. The number of ether oxygens (including phenoxy) is 2. The zero-order valence-corrected chi connectivity index (χ0v) is 10.4. The van der Waals surface area contributed by atoms with E-state index in [4.69, 9.17) is 15.2 Å². The lowest BCUT2D eigenvalue weighted by molar-refractivity contribution is 0.101. The van der Waals surface area contributed by atoms with Crippen molar-refractivity contribution in [3.8, 4) is 0 Å². The van der Waals surface area contributed by atoms with Crippen LogP contribution in [0.15, 0.2) is 12.7 Å². The second-order valence-corrected chi connectivity index (χ2v) is 4.79. The minimum Gasteiger partial charge on any atom is -0.383 e. The monoisotopic (exact) mass is 228 g/mol. The summed E-state index contributed by atoms with van der Waals surface area (Å²) in [6.07, 6.45) is 1.92. The van der Waals surface area contributed by atoms with E-state index in [-0.39, 0.29) is 11.5 Å². The normalized spacial score (nSPS) is 29.9. The average Bonchev–Trinajstić information content (AvgIpc) is 2.56. The zero-order chi connectivity index (χ0) is 12.0. The number of rotatable bonds is 7. The van der Waals surface area contributed by atoms with E-state index in [9.17, 15) is 0 Å². The summed E-state index contributed by atoms with van der Waals surface area (Å²) >= 11 is 0. The van der Waals surface area contributed by atoms with Crippen LogP contribution in [0.3, 0.4) is 0 Å². The highest BCUT2D eigenvalue weighted by Gasteiger charge is 2.38. The van der Waals surface area contributed by atoms with Crippen LogP contribution in [0.5, 0.6) is 0 Å². The van der Waals surface area contributed by atoms with Crippen molar-refractivity contribution in [2.75, 3.05) is 46.6 Å². The van der Waals surface area contributed by atoms with Gasteiger partial charge in [-0.25, -0.2) is 0 Å². The van der Waals surface area contributed by atoms with Gasteiger partial charge in [0.25, 0.3) is 0 Å². The highest BCUT2D eigenvalue weighted by molar-refractivity contribution is 4.93. The van der Waals surface area contributed by atoms with Crippen LogP contribution in [0.4, 0.5) is 0 Å². The molecule has 1 saturated heterocycles. The van der Waals surface area contributed by atoms with Crippen LogP contribution in [0.1, 0.15) is 6.92 Å². The summed E-state index contributed by atoms with van der Waals surface area (Å²) in [6, 6.07) is 0.127. The molecule has 1 aliphatic rings. The molecule has 1 rings (SSSR count). The summed E-state index contributed by atoms with van der Waals surface area (Å²) < 4.78 is 10.6. The van der Waals surface area contributed by atoms with E-state index in [2.05, 4.69) is 18.4 Å². The van der Waals surface area contributed by atoms with Crippen molar-refractivity contribution in [1.82, 2.24) is 4.90 Å². The Labute approximate surface area is 98.4 Å². The Hall–Kier alpha value is -0.420. The Balaban J connectivity index is 2.48. The number of hydrogen-bond acceptors (Lipinski definition) is 4. The van der Waals surface area contributed by atoms with Crippen molar-refractivity contribution < 1.29 is 9.47 Å². The first-order chi connectivity index (χ1) is 7.62. The minimum absolute atomic E-state index is 0.0523. The lowest BCUT2D eigenvalue weighted by Gasteiger charge is -2.33. The van der Waals surface area contributed by atoms with Crippen molar-refractivity contribution in [3.63, 3.8) is 0 Å². The smallest absolute Gasteiger partial charge is 0.0624 e. The maximum atomic E-state index is 6.08. The van der Waals surface area contributed by atoms with Gasteiger partial charge in [-0.1, -0.05) is 13.0 Å². The molecule has 4 nitrogen and oxygen atoms in total. The molecule has 1 aliphatic heterocycles. The summed E-state index contributed by atoms with van der Waals surface area (Å²) in [6.45, 7) is 10.8. The van der Waals surface area contributed by atoms with Crippen LogP contribution >= 0.6 is 0 Å². The first-order valence-electron chi connectivity index (χ1n) is 5.78. The largest absolute Gasteiger partial charge is 0.383 e. The molecule has 94 valence electrons. The molecule has 2 unspecified atom stereocenters. The van der Waals surface area contributed by atoms with Crippen molar-refractivity contribution in [2.24, 2.45) is 11.1 Å². The van der Waals surface area contributed by atoms with Gasteiger partial charge in [-0.05, 0) is 0 Å². The summed E-state index contributed by atoms with van der Waals surface area (Å²) in [7, 11) is 1.72. The number of hydrogen-bond donors (Lipinski definition) is 1. The van der Waals surface area contributed by atoms with Gasteiger partial charge >= 0.3 is 0 Å². The molecule has 0 amide bonds. The van der Waals surface area contributed by atoms with Gasteiger partial charge in [0.05, 0.1) is 19.8 Å². The molecule has 2 atom stereocenters. The number of methoxy groups -OCH3 is 1. The molecule has 16 heavy (non-hydrogen) atoms. The summed E-state index contributed by atoms with van der Waals surface area (Å²) in [5.41, 5.74) is 6.13. The second-order valence-electron chi connectivity index (χ2n) is 4.79. The molecular weight excluding hydrogens is 204 g/mol. The predicted octanol–water partition coefficient (Wildman–Crippen LogP) is 0.485. The second kappa shape index (κ2) is 6.35. The van der Waals surface area contributed by atoms with E-state index >= 15 is 0 Å². The fraction of sp³-hybridized carbons (Fsp3) is 0.833. The van der Waals surface area contributed by atoms with Gasteiger partial charge in [-0.2, -0.15) is 0 Å². The van der Waals surface area contributed by atoms with Crippen LogP contribution < -0.4 is 5.73 Å². The van der Waals surface area contributed by atoms with Crippen molar-refractivity contribution >= 4 is 0 Å². The van der Waals surface area contributed by atoms with Crippen molar-refractivity contribution in [3.05, 3.63) is 12.7 Å². The predicted molar refractivity (Wildman–Crippen MR) is 65.4 cm³/mol. The molecule has 0 aromatic carbocycles. The molecule has 0 radical (unpaired) electrons. The number of nitrogens with two attached hydrogens (primary N) is 1. The Morgan fingerprint density at radius 3 is 2.94 bits per heavy atom. The van der Waals surface area contributed by atoms with Gasteiger partial charge in [0.2, 0.25) is 0 Å². The fourth-order valence-corrected chi connectivity index (χ4v) is 2.04. The van der Waals surface area contributed by atoms with Gasteiger partial charge in [0.15, 0.2) is 0 Å². The molecule has 1 heterocycles. The van der Waals surface area contributed by atoms with E-state index in [0.29, 0.717) is 6.61 Å². The molecular formula is C12H24N2O2. The first-order valence-corrected chi connectivity index (χ1v) is 5.78. The molecule has 0 aliphatic carbocycles. The minimum atomic E-state index is 0.0523. The van der Waals surface area contributed by atoms with Gasteiger partial charge in [-0.15, -0.1) is 6.58 Å². The van der Waals surface area contributed by atoms with Crippen LogP contribution in [0, 0.1) is 5.41 Å². The Kier molecular flexibility index (Phi) is 5.41. The standard InChI is InChI=1S/C12H24N2O2/c1-4-5-14(6-7-15-3)9-12(2)10-16-8-11(12)13/h4,11H,1,5-10,13H2,2-3H3. The van der Waals surface area contributed by atoms with Crippen LogP contribution in [0.2, 0.25) is 0 Å². The lowest BCUT2D eigenvalue weighted by Crippen LogP contribution is -2.47. The summed E-state index contributed by atoms with van der Waals surface area (Å²) in [4.78, 5) is 2.31. The third-order valence-corrected chi connectivity index (χ3v) is 3.21. The SMILES string of the molecule is C=CCN(CCOC)CC1(C)COCC1N. The Bertz CT molecular complexity index is 223. The van der Waals surface area contributed by atoms with Crippen molar-refractivity contribution in [1.29, 1.82) is 0 Å². The zero-order valence-electron chi connectivity index (χ0n) is 10.4. The molecule has 0 spiro atoms. The van der Waals surface area contributed by atoms with E-state index in [1.807, 2.05) is 6.08 Å². The van der Waals surface area contributed by atoms with Crippen LogP contribution in [-0.4, -0.2) is 57.5 Å². The lowest BCUT2D eigenvalue weighted by atomic mass is 9.85. The highest BCUT2D eigenvalue weighted by atomic mass is 16.5. The Morgan fingerprint density at radius 2 is 2.44 bits per heavy atom. The quantitative estimate of drug-likeness (QED) is 0.644. The maximum absolute atomic E-state index is 6.08. The molecule has 1 fully saturated rings. The highest BCUT2D eigenvalue weighted by Crippen LogP contribution is 2.27. The van der Waals surface area contributed by atoms with E-state index in [1.54, 1.807) is 7.11 Å². The molecule has 0 aromatic heterocycles. The molecule has 4 heteroatoms. The maximum Gasteiger partial charge on any atom is 0.0624 e. The first kappa shape index (κ1) is 13.6. The molecule has 0 bridgehead atoms. The van der Waals surface area contributed by atoms with Gasteiger partial charge < -0.3 is 15.2 Å². The molecule has 0 saturated carbocycles. The summed E-state index contributed by atoms with van der Waals surface area (Å²) in [5.74, 6) is 0. The Morgan fingerprint density at radius 1 is 1.69 bits per heavy atom. The van der Waals surface area contributed by atoms with Crippen molar-refractivity contribution in [2.45, 2.75) is 13.0 Å². The van der Waals surface area contributed by atoms with Gasteiger partial charge in [0, 0.05) is 38.2 Å². The van der Waals surface area contributed by atoms with E-state index in [0.717, 1.165) is 32.8 Å². The van der Waals surface area contributed by atoms with E-state index < -0.39 is 0 Å². The fourth-order valence-electron chi connectivity index (χ4n) is 2.04. The average molecular weight is 228 g/mol. The third kappa shape index (κ3) is 3.56. The molecule has 2 N–H and O–H groups in total. The van der Waals surface area contributed by atoms with Crippen LogP contribution in [-0.2, 0) is 9.47 Å². The van der Waals surface area contributed by atoms with Gasteiger partial charge in [0.1, 0.15) is 0 Å². The van der Waals surface area contributed by atoms with E-state index in [1.165, 1.54) is 0 Å². The van der Waals surface area contributed by atoms with Gasteiger partial charge in [-0.3, -0.25) is 4.90 Å². The van der Waals surface area contributed by atoms with Crippen LogP contribution in [0.25, 0.3) is 0 Å². The third-order valence-electron chi connectivity index (χ3n) is 3.21. The topological polar surface area (TPSA) is 47.7 Å².